The van der Waals surface area contributed by atoms with Crippen molar-refractivity contribution in [2.24, 2.45) is 10.2 Å². The minimum Gasteiger partial charge on any atom is -0.508 e. The van der Waals surface area contributed by atoms with Gasteiger partial charge in [-0.3, -0.25) is 0 Å². The fourth-order valence-corrected chi connectivity index (χ4v) is 3.85. The summed E-state index contributed by atoms with van der Waals surface area (Å²) in [7, 11) is 0. The molecule has 0 aliphatic rings. The van der Waals surface area contributed by atoms with Crippen molar-refractivity contribution in [2.45, 2.75) is 19.8 Å². The smallest absolute Gasteiger partial charge is 0.173 e. The summed E-state index contributed by atoms with van der Waals surface area (Å²) in [5.41, 5.74) is 3.49. The van der Waals surface area contributed by atoms with Crippen LogP contribution in [0.25, 0.3) is 0 Å². The number of aromatic nitrogens is 8. The molecule has 5 rings (SSSR count). The monoisotopic (exact) mass is 494 g/mol. The van der Waals surface area contributed by atoms with E-state index < -0.39 is 5.92 Å². The summed E-state index contributed by atoms with van der Waals surface area (Å²) in [6.07, 6.45) is 3.21. The number of phenolic OH excluding ortho intramolecular Hbond substituents is 2. The van der Waals surface area contributed by atoms with E-state index in [1.54, 1.807) is 50.5 Å². The van der Waals surface area contributed by atoms with Crippen molar-refractivity contribution >= 4 is 12.4 Å². The molecule has 0 aliphatic carbocycles. The first-order valence-electron chi connectivity index (χ1n) is 11.3. The number of hydrogen-bond acceptors (Lipinski definition) is 10. The van der Waals surface area contributed by atoms with Crippen molar-refractivity contribution in [1.29, 1.82) is 0 Å². The maximum Gasteiger partial charge on any atom is 0.173 e. The van der Waals surface area contributed by atoms with E-state index in [1.165, 1.54) is 9.58 Å². The molecule has 0 unspecified atom stereocenters. The molecular weight excluding hydrogens is 472 g/mol. The molecule has 5 aromatic rings. The van der Waals surface area contributed by atoms with E-state index >= 15 is 0 Å². The highest BCUT2D eigenvalue weighted by Crippen LogP contribution is 2.40. The van der Waals surface area contributed by atoms with Gasteiger partial charge in [0.1, 0.15) is 11.5 Å². The van der Waals surface area contributed by atoms with E-state index in [2.05, 4.69) is 41.3 Å². The molecule has 0 atom stereocenters. The molecule has 3 aromatic carbocycles. The minimum atomic E-state index is -0.493. The Labute approximate surface area is 211 Å². The number of aromatic hydroxyl groups is 2. The molecule has 12 nitrogen and oxygen atoms in total. The van der Waals surface area contributed by atoms with Crippen LogP contribution in [-0.4, -0.2) is 63.3 Å². The van der Waals surface area contributed by atoms with Gasteiger partial charge in [0.05, 0.1) is 12.4 Å². The highest BCUT2D eigenvalue weighted by Gasteiger charge is 2.23. The summed E-state index contributed by atoms with van der Waals surface area (Å²) >= 11 is 0. The normalized spacial score (nSPS) is 11.8. The molecule has 12 heteroatoms. The number of nitrogens with zero attached hydrogens (tertiary/aromatic N) is 10. The third-order valence-corrected chi connectivity index (χ3v) is 5.70. The van der Waals surface area contributed by atoms with Gasteiger partial charge >= 0.3 is 0 Å². The molecule has 0 saturated carbocycles. The van der Waals surface area contributed by atoms with Crippen LogP contribution in [0.2, 0.25) is 0 Å². The SMILES string of the molecule is Cc1nnnn1/N=C/c1ccc(O)c(C(c2ccccc2)c2cc(/C=N/n3nnnc3C)ccc2O)c1. The van der Waals surface area contributed by atoms with Crippen LogP contribution in [0.15, 0.2) is 76.9 Å². The molecular formula is C25H22N10O2. The zero-order chi connectivity index (χ0) is 25.8. The second-order valence-corrected chi connectivity index (χ2v) is 8.20. The lowest BCUT2D eigenvalue weighted by atomic mass is 9.83. The van der Waals surface area contributed by atoms with Gasteiger partial charge < -0.3 is 10.2 Å². The Hall–Kier alpha value is -5.26. The third-order valence-electron chi connectivity index (χ3n) is 5.70. The van der Waals surface area contributed by atoms with Crippen LogP contribution in [0.1, 0.15) is 45.4 Å². The molecule has 0 aliphatic heterocycles. The average Bonchev–Trinajstić information content (AvgIpc) is 3.52. The zero-order valence-corrected chi connectivity index (χ0v) is 19.9. The Kier molecular flexibility index (Phi) is 6.45. The van der Waals surface area contributed by atoms with Crippen molar-refractivity contribution in [2.75, 3.05) is 0 Å². The summed E-state index contributed by atoms with van der Waals surface area (Å²) in [6, 6.07) is 19.9. The third kappa shape index (κ3) is 5.07. The summed E-state index contributed by atoms with van der Waals surface area (Å²) in [5.74, 6) is 0.739. The van der Waals surface area contributed by atoms with E-state index in [-0.39, 0.29) is 11.5 Å². The van der Waals surface area contributed by atoms with Crippen LogP contribution in [0.5, 0.6) is 11.5 Å². The van der Waals surface area contributed by atoms with Gasteiger partial charge in [-0.05, 0) is 87.8 Å². The quantitative estimate of drug-likeness (QED) is 0.259. The Morgan fingerprint density at radius 1 is 0.703 bits per heavy atom. The van der Waals surface area contributed by atoms with Crippen molar-refractivity contribution in [3.63, 3.8) is 0 Å². The van der Waals surface area contributed by atoms with Gasteiger partial charge in [-0.15, -0.1) is 19.8 Å². The first-order chi connectivity index (χ1) is 18.0. The lowest BCUT2D eigenvalue weighted by molar-refractivity contribution is 0.458. The Bertz CT molecular complexity index is 1490. The predicted octanol–water partition coefficient (Wildman–Crippen LogP) is 2.63. The molecule has 0 bridgehead atoms. The van der Waals surface area contributed by atoms with Gasteiger partial charge in [0.25, 0.3) is 0 Å². The second-order valence-electron chi connectivity index (χ2n) is 8.20. The maximum atomic E-state index is 10.9. The molecule has 184 valence electrons. The van der Waals surface area contributed by atoms with E-state index in [0.29, 0.717) is 22.8 Å². The minimum absolute atomic E-state index is 0.0763. The van der Waals surface area contributed by atoms with Gasteiger partial charge in [-0.2, -0.15) is 10.2 Å². The first kappa shape index (κ1) is 23.5. The number of hydrogen-bond donors (Lipinski definition) is 2. The summed E-state index contributed by atoms with van der Waals surface area (Å²) < 4.78 is 0. The number of rotatable bonds is 7. The number of benzene rings is 3. The Morgan fingerprint density at radius 3 is 1.62 bits per heavy atom. The van der Waals surface area contributed by atoms with Crippen LogP contribution in [-0.2, 0) is 0 Å². The number of phenols is 2. The highest BCUT2D eigenvalue weighted by atomic mass is 16.3. The molecule has 0 fully saturated rings. The summed E-state index contributed by atoms with van der Waals surface area (Å²) in [4.78, 5) is 2.62. The molecule has 2 heterocycles. The van der Waals surface area contributed by atoms with Crippen LogP contribution in [0.3, 0.4) is 0 Å². The van der Waals surface area contributed by atoms with E-state index in [4.69, 9.17) is 0 Å². The molecule has 0 amide bonds. The fourth-order valence-electron chi connectivity index (χ4n) is 3.85. The largest absolute Gasteiger partial charge is 0.508 e. The Balaban J connectivity index is 1.59. The van der Waals surface area contributed by atoms with Crippen molar-refractivity contribution in [1.82, 2.24) is 40.6 Å². The average molecular weight is 495 g/mol. The van der Waals surface area contributed by atoms with Gasteiger partial charge in [0, 0.05) is 17.0 Å². The van der Waals surface area contributed by atoms with Crippen LogP contribution >= 0.6 is 0 Å². The van der Waals surface area contributed by atoms with Crippen LogP contribution in [0.4, 0.5) is 0 Å². The highest BCUT2D eigenvalue weighted by molar-refractivity contribution is 5.82. The van der Waals surface area contributed by atoms with Gasteiger partial charge in [0.2, 0.25) is 0 Å². The molecule has 2 aromatic heterocycles. The number of aryl methyl sites for hydroxylation is 2. The van der Waals surface area contributed by atoms with Gasteiger partial charge in [-0.1, -0.05) is 30.3 Å². The first-order valence-corrected chi connectivity index (χ1v) is 11.3. The van der Waals surface area contributed by atoms with Crippen LogP contribution in [0, 0.1) is 13.8 Å². The fraction of sp³-hybridized carbons (Fsp3) is 0.120. The zero-order valence-electron chi connectivity index (χ0n) is 19.9. The molecule has 0 radical (unpaired) electrons. The lowest BCUT2D eigenvalue weighted by Crippen LogP contribution is -2.06. The molecule has 0 saturated heterocycles. The topological polar surface area (TPSA) is 152 Å². The number of tetrazole rings is 2. The van der Waals surface area contributed by atoms with Gasteiger partial charge in [0.15, 0.2) is 11.6 Å². The van der Waals surface area contributed by atoms with Crippen molar-refractivity contribution in [3.8, 4) is 11.5 Å². The van der Waals surface area contributed by atoms with Gasteiger partial charge in [-0.25, -0.2) is 0 Å². The van der Waals surface area contributed by atoms with Crippen LogP contribution < -0.4 is 0 Å². The summed E-state index contributed by atoms with van der Waals surface area (Å²) in [6.45, 7) is 3.48. The van der Waals surface area contributed by atoms with Crippen molar-refractivity contribution in [3.05, 3.63) is 106 Å². The van der Waals surface area contributed by atoms with E-state index in [0.717, 1.165) is 16.7 Å². The maximum absolute atomic E-state index is 10.9. The van der Waals surface area contributed by atoms with E-state index in [9.17, 15) is 10.2 Å². The predicted molar refractivity (Wildman–Crippen MR) is 135 cm³/mol. The van der Waals surface area contributed by atoms with E-state index in [1.807, 2.05) is 42.5 Å². The lowest BCUT2D eigenvalue weighted by Gasteiger charge is -2.22. The van der Waals surface area contributed by atoms with Crippen molar-refractivity contribution < 1.29 is 10.2 Å². The molecule has 2 N–H and O–H groups in total. The second kappa shape index (κ2) is 10.2. The summed E-state index contributed by atoms with van der Waals surface area (Å²) in [5, 5.41) is 52.9. The molecule has 0 spiro atoms. The molecule has 37 heavy (non-hydrogen) atoms. The Morgan fingerprint density at radius 2 is 1.19 bits per heavy atom. The standard InChI is InChI=1S/C25H22N10O2/c1-16-28-30-32-34(16)26-14-18-8-10-23(36)21(12-18)25(20-6-4-3-5-7-20)22-13-19(9-11-24(22)37)15-27-35-17(2)29-31-33-35/h3-15,25,36-37H,1-2H3/b26-14+,27-15+.